The lowest BCUT2D eigenvalue weighted by molar-refractivity contribution is -0.116. The Morgan fingerprint density at radius 3 is 2.32 bits per heavy atom. The summed E-state index contributed by atoms with van der Waals surface area (Å²) >= 11 is 0. The Hall–Kier alpha value is -3.34. The van der Waals surface area contributed by atoms with E-state index >= 15 is 0 Å². The van der Waals surface area contributed by atoms with Crippen LogP contribution in [0.4, 0.5) is 15.8 Å². The minimum absolute atomic E-state index is 0.00596. The van der Waals surface area contributed by atoms with Gasteiger partial charge in [-0.3, -0.25) is 4.79 Å². The SMILES string of the molecule is Cc1ccc([C@H]2Nc3cc(C)c(C)cc3NC3=C2C(=O)C[C@H](c2ccc(F)cc2)C3)o1. The summed E-state index contributed by atoms with van der Waals surface area (Å²) in [6.45, 7) is 6.07. The molecule has 0 spiro atoms. The van der Waals surface area contributed by atoms with E-state index in [1.54, 1.807) is 12.1 Å². The Morgan fingerprint density at radius 1 is 0.935 bits per heavy atom. The smallest absolute Gasteiger partial charge is 0.163 e. The lowest BCUT2D eigenvalue weighted by atomic mass is 9.79. The molecule has 0 bridgehead atoms. The second kappa shape index (κ2) is 7.41. The van der Waals surface area contributed by atoms with Crippen LogP contribution in [-0.2, 0) is 4.79 Å². The molecule has 1 aromatic heterocycles. The molecule has 0 amide bonds. The van der Waals surface area contributed by atoms with E-state index in [9.17, 15) is 9.18 Å². The summed E-state index contributed by atoms with van der Waals surface area (Å²) in [6.07, 6.45) is 1.06. The molecule has 2 aliphatic rings. The number of hydrogen-bond acceptors (Lipinski definition) is 4. The monoisotopic (exact) mass is 416 g/mol. The van der Waals surface area contributed by atoms with Crippen molar-refractivity contribution in [1.82, 2.24) is 0 Å². The summed E-state index contributed by atoms with van der Waals surface area (Å²) in [7, 11) is 0. The molecule has 31 heavy (non-hydrogen) atoms. The summed E-state index contributed by atoms with van der Waals surface area (Å²) in [4.78, 5) is 13.5. The summed E-state index contributed by atoms with van der Waals surface area (Å²) < 4.78 is 19.4. The maximum Gasteiger partial charge on any atom is 0.163 e. The van der Waals surface area contributed by atoms with E-state index < -0.39 is 0 Å². The van der Waals surface area contributed by atoms with E-state index in [4.69, 9.17) is 4.42 Å². The molecular weight excluding hydrogens is 391 g/mol. The number of benzene rings is 2. The van der Waals surface area contributed by atoms with E-state index in [1.807, 2.05) is 19.1 Å². The Morgan fingerprint density at radius 2 is 1.65 bits per heavy atom. The van der Waals surface area contributed by atoms with Crippen LogP contribution in [0.1, 0.15) is 53.0 Å². The van der Waals surface area contributed by atoms with Crippen LogP contribution in [0.3, 0.4) is 0 Å². The van der Waals surface area contributed by atoms with Gasteiger partial charge < -0.3 is 15.1 Å². The number of aryl methyl sites for hydroxylation is 3. The highest BCUT2D eigenvalue weighted by Crippen LogP contribution is 2.45. The zero-order chi connectivity index (χ0) is 21.7. The van der Waals surface area contributed by atoms with Gasteiger partial charge in [0.15, 0.2) is 5.78 Å². The van der Waals surface area contributed by atoms with Crippen molar-refractivity contribution < 1.29 is 13.6 Å². The fourth-order valence-electron chi connectivity index (χ4n) is 4.61. The Bertz CT molecular complexity index is 1210. The average Bonchev–Trinajstić information content (AvgIpc) is 3.09. The van der Waals surface area contributed by atoms with Crippen molar-refractivity contribution in [3.8, 4) is 0 Å². The van der Waals surface area contributed by atoms with Gasteiger partial charge in [-0.2, -0.15) is 0 Å². The molecule has 4 nitrogen and oxygen atoms in total. The number of Topliss-reactive ketones (excluding diaryl/α,β-unsaturated/α-hetero) is 1. The van der Waals surface area contributed by atoms with E-state index in [-0.39, 0.29) is 23.6 Å². The van der Waals surface area contributed by atoms with E-state index in [1.165, 1.54) is 23.3 Å². The third kappa shape index (κ3) is 3.54. The Balaban J connectivity index is 1.62. The molecule has 2 N–H and O–H groups in total. The average molecular weight is 416 g/mol. The van der Waals surface area contributed by atoms with E-state index in [0.717, 1.165) is 39.7 Å². The molecule has 1 aliphatic heterocycles. The molecule has 3 aromatic rings. The fraction of sp³-hybridized carbons (Fsp3) is 0.269. The molecule has 0 unspecified atom stereocenters. The quantitative estimate of drug-likeness (QED) is 0.513. The summed E-state index contributed by atoms with van der Waals surface area (Å²) in [6, 6.07) is 14.2. The van der Waals surface area contributed by atoms with Crippen LogP contribution in [0, 0.1) is 26.6 Å². The second-order valence-electron chi connectivity index (χ2n) is 8.60. The van der Waals surface area contributed by atoms with Crippen molar-refractivity contribution in [3.05, 3.63) is 93.8 Å². The first-order chi connectivity index (χ1) is 14.9. The fourth-order valence-corrected chi connectivity index (χ4v) is 4.61. The summed E-state index contributed by atoms with van der Waals surface area (Å²) in [5.41, 5.74) is 6.86. The first-order valence-corrected chi connectivity index (χ1v) is 10.6. The third-order valence-corrected chi connectivity index (χ3v) is 6.40. The van der Waals surface area contributed by atoms with Crippen LogP contribution >= 0.6 is 0 Å². The maximum absolute atomic E-state index is 13.5. The van der Waals surface area contributed by atoms with Crippen molar-refractivity contribution in [2.24, 2.45) is 0 Å². The van der Waals surface area contributed by atoms with Gasteiger partial charge in [0.2, 0.25) is 0 Å². The minimum Gasteiger partial charge on any atom is -0.464 e. The molecule has 158 valence electrons. The molecule has 0 saturated carbocycles. The Kier molecular flexibility index (Phi) is 4.69. The largest absolute Gasteiger partial charge is 0.464 e. The number of anilines is 2. The summed E-state index contributed by atoms with van der Waals surface area (Å²) in [5, 5.41) is 7.12. The molecule has 5 rings (SSSR count). The number of carbonyl (C=O) groups is 1. The van der Waals surface area contributed by atoms with Gasteiger partial charge in [-0.1, -0.05) is 12.1 Å². The molecule has 0 radical (unpaired) electrons. The van der Waals surface area contributed by atoms with Crippen LogP contribution in [-0.4, -0.2) is 5.78 Å². The Labute approximate surface area is 181 Å². The molecule has 2 heterocycles. The first kappa shape index (κ1) is 19.6. The minimum atomic E-state index is -0.360. The number of allylic oxidation sites excluding steroid dienone is 1. The molecule has 0 fully saturated rings. The lowest BCUT2D eigenvalue weighted by Crippen LogP contribution is -2.26. The molecule has 5 heteroatoms. The highest BCUT2D eigenvalue weighted by atomic mass is 19.1. The van der Waals surface area contributed by atoms with Crippen molar-refractivity contribution in [2.75, 3.05) is 10.6 Å². The van der Waals surface area contributed by atoms with Crippen LogP contribution in [0.5, 0.6) is 0 Å². The lowest BCUT2D eigenvalue weighted by Gasteiger charge is -2.29. The number of hydrogen-bond donors (Lipinski definition) is 2. The van der Waals surface area contributed by atoms with Gasteiger partial charge in [-0.15, -0.1) is 0 Å². The number of nitrogens with one attached hydrogen (secondary N) is 2. The van der Waals surface area contributed by atoms with E-state index in [2.05, 4.69) is 36.6 Å². The molecule has 2 aromatic carbocycles. The van der Waals surface area contributed by atoms with Crippen LogP contribution < -0.4 is 10.6 Å². The predicted molar refractivity (Wildman–Crippen MR) is 120 cm³/mol. The van der Waals surface area contributed by atoms with Crippen molar-refractivity contribution in [3.63, 3.8) is 0 Å². The normalized spacial score (nSPS) is 20.5. The van der Waals surface area contributed by atoms with Crippen LogP contribution in [0.15, 0.2) is 64.2 Å². The predicted octanol–water partition coefficient (Wildman–Crippen LogP) is 6.32. The third-order valence-electron chi connectivity index (χ3n) is 6.40. The molecular formula is C26H25FN2O2. The number of carbonyl (C=O) groups excluding carboxylic acids is 1. The summed E-state index contributed by atoms with van der Waals surface area (Å²) in [5.74, 6) is 1.35. The molecule has 1 aliphatic carbocycles. The van der Waals surface area contributed by atoms with Gasteiger partial charge in [-0.25, -0.2) is 4.39 Å². The number of fused-ring (bicyclic) bond motifs is 1. The van der Waals surface area contributed by atoms with Crippen molar-refractivity contribution in [1.29, 1.82) is 0 Å². The van der Waals surface area contributed by atoms with Gasteiger partial charge in [0.05, 0.1) is 11.4 Å². The number of rotatable bonds is 2. The number of halogens is 1. The van der Waals surface area contributed by atoms with E-state index in [0.29, 0.717) is 12.8 Å². The van der Waals surface area contributed by atoms with Gasteiger partial charge in [-0.05, 0) is 86.2 Å². The van der Waals surface area contributed by atoms with Crippen molar-refractivity contribution in [2.45, 2.75) is 45.6 Å². The van der Waals surface area contributed by atoms with Crippen LogP contribution in [0.2, 0.25) is 0 Å². The number of ketones is 1. The first-order valence-electron chi connectivity index (χ1n) is 10.6. The highest BCUT2D eigenvalue weighted by molar-refractivity contribution is 6.01. The maximum atomic E-state index is 13.5. The van der Waals surface area contributed by atoms with Crippen LogP contribution in [0.25, 0.3) is 0 Å². The van der Waals surface area contributed by atoms with Gasteiger partial charge in [0.1, 0.15) is 23.4 Å². The van der Waals surface area contributed by atoms with Gasteiger partial charge in [0, 0.05) is 17.7 Å². The van der Waals surface area contributed by atoms with Gasteiger partial charge in [0.25, 0.3) is 0 Å². The number of furan rings is 1. The highest BCUT2D eigenvalue weighted by Gasteiger charge is 2.37. The zero-order valence-corrected chi connectivity index (χ0v) is 17.9. The topological polar surface area (TPSA) is 54.3 Å². The standard InChI is InChI=1S/C26H25FN2O2/c1-14-10-20-21(11-15(14)2)29-26(24-9-4-16(3)31-24)25-22(28-20)12-18(13-23(25)30)17-5-7-19(27)8-6-17/h4-11,18,26,28-29H,12-13H2,1-3H3/t18-,26-/m1/s1. The molecule has 2 atom stereocenters. The molecule has 0 saturated heterocycles. The van der Waals surface area contributed by atoms with Crippen molar-refractivity contribution >= 4 is 17.2 Å². The van der Waals surface area contributed by atoms with Gasteiger partial charge >= 0.3 is 0 Å². The second-order valence-corrected chi connectivity index (χ2v) is 8.60. The zero-order valence-electron chi connectivity index (χ0n) is 17.9.